The second-order valence-corrected chi connectivity index (χ2v) is 5.76. The average molecular weight is 310 g/mol. The van der Waals surface area contributed by atoms with Crippen LogP contribution in [0.3, 0.4) is 0 Å². The summed E-state index contributed by atoms with van der Waals surface area (Å²) >= 11 is 3.56. The van der Waals surface area contributed by atoms with E-state index in [-0.39, 0.29) is 0 Å². The third-order valence-electron chi connectivity index (χ3n) is 2.45. The molecule has 17 heavy (non-hydrogen) atoms. The first-order valence-electron chi connectivity index (χ1n) is 5.32. The molecule has 0 saturated heterocycles. The molecular weight excluding hydrogens is 298 g/mol. The summed E-state index contributed by atoms with van der Waals surface area (Å²) in [6.07, 6.45) is 1.66. The van der Waals surface area contributed by atoms with Crippen molar-refractivity contribution in [2.24, 2.45) is 4.40 Å². The minimum Gasteiger partial charge on any atom is -0.235 e. The summed E-state index contributed by atoms with van der Waals surface area (Å²) in [6, 6.07) is 12.1. The molecule has 0 aliphatic heterocycles. The van der Waals surface area contributed by atoms with Gasteiger partial charge in [0.05, 0.1) is 0 Å². The van der Waals surface area contributed by atoms with Crippen LogP contribution in [0, 0.1) is 0 Å². The lowest BCUT2D eigenvalue weighted by molar-refractivity contribution is 0.685. The van der Waals surface area contributed by atoms with Crippen molar-refractivity contribution in [3.8, 4) is 0 Å². The smallest absolute Gasteiger partial charge is 0.139 e. The lowest BCUT2D eigenvalue weighted by atomic mass is 10.1. The largest absolute Gasteiger partial charge is 0.235 e. The molecule has 0 heterocycles. The van der Waals surface area contributed by atoms with Gasteiger partial charge in [0, 0.05) is 22.0 Å². The van der Waals surface area contributed by atoms with Gasteiger partial charge in [0.25, 0.3) is 0 Å². The molecule has 0 aliphatic rings. The predicted molar refractivity (Wildman–Crippen MR) is 77.9 cm³/mol. The minimum absolute atomic E-state index is 0.543. The highest BCUT2D eigenvalue weighted by Gasteiger charge is 2.02. The van der Waals surface area contributed by atoms with Gasteiger partial charge in [-0.05, 0) is 26.7 Å². The molecule has 2 aromatic carbocycles. The van der Waals surface area contributed by atoms with Crippen molar-refractivity contribution in [3.63, 3.8) is 0 Å². The summed E-state index contributed by atoms with van der Waals surface area (Å²) in [5.41, 5.74) is 0.950. The fourth-order valence-corrected chi connectivity index (χ4v) is 2.52. The number of halogens is 1. The molecule has 0 aromatic heterocycles. The van der Waals surface area contributed by atoms with Gasteiger partial charge in [0.15, 0.2) is 0 Å². The Balaban J connectivity index is 2.46. The Morgan fingerprint density at radius 3 is 2.82 bits per heavy atom. The molecule has 88 valence electrons. The van der Waals surface area contributed by atoms with Crippen LogP contribution in [0.2, 0.25) is 0 Å². The van der Waals surface area contributed by atoms with Crippen LogP contribution >= 0.6 is 15.9 Å². The van der Waals surface area contributed by atoms with Crippen LogP contribution in [0.15, 0.2) is 45.3 Å². The Hall–Kier alpha value is -1.00. The average Bonchev–Trinajstić information content (AvgIpc) is 2.38. The number of fused-ring (bicyclic) bond motifs is 1. The van der Waals surface area contributed by atoms with Crippen LogP contribution in [-0.2, 0) is 11.0 Å². The molecule has 1 unspecified atom stereocenters. The molecule has 4 heteroatoms. The van der Waals surface area contributed by atoms with E-state index in [1.54, 1.807) is 6.21 Å². The van der Waals surface area contributed by atoms with Crippen molar-refractivity contribution in [2.45, 2.75) is 6.92 Å². The Bertz CT molecular complexity index is 595. The second-order valence-electron chi connectivity index (χ2n) is 3.53. The van der Waals surface area contributed by atoms with Gasteiger partial charge in [-0.15, -0.1) is 0 Å². The van der Waals surface area contributed by atoms with Crippen molar-refractivity contribution < 1.29 is 4.21 Å². The van der Waals surface area contributed by atoms with E-state index in [4.69, 9.17) is 0 Å². The van der Waals surface area contributed by atoms with E-state index in [1.165, 1.54) is 5.39 Å². The van der Waals surface area contributed by atoms with Crippen LogP contribution in [0.5, 0.6) is 0 Å². The zero-order chi connectivity index (χ0) is 12.3. The maximum absolute atomic E-state index is 11.3. The van der Waals surface area contributed by atoms with E-state index in [2.05, 4.69) is 26.4 Å². The summed E-state index contributed by atoms with van der Waals surface area (Å²) < 4.78 is 16.2. The van der Waals surface area contributed by atoms with Crippen LogP contribution in [0.1, 0.15) is 12.5 Å². The Morgan fingerprint density at radius 1 is 1.29 bits per heavy atom. The van der Waals surface area contributed by atoms with Crippen molar-refractivity contribution >= 4 is 43.9 Å². The fraction of sp³-hybridized carbons (Fsp3) is 0.154. The summed E-state index contributed by atoms with van der Waals surface area (Å²) in [7, 11) is -1.12. The van der Waals surface area contributed by atoms with Crippen LogP contribution < -0.4 is 0 Å². The lowest BCUT2D eigenvalue weighted by Gasteiger charge is -2.03. The molecule has 0 amide bonds. The number of nitrogens with zero attached hydrogens (tertiary/aromatic N) is 1. The molecule has 0 N–H and O–H groups in total. The van der Waals surface area contributed by atoms with E-state index in [1.807, 2.05) is 37.3 Å². The van der Waals surface area contributed by atoms with E-state index in [0.717, 1.165) is 15.4 Å². The highest BCUT2D eigenvalue weighted by Crippen LogP contribution is 2.26. The van der Waals surface area contributed by atoms with Gasteiger partial charge < -0.3 is 0 Å². The van der Waals surface area contributed by atoms with Crippen LogP contribution in [0.25, 0.3) is 10.8 Å². The third-order valence-corrected chi connectivity index (χ3v) is 4.17. The summed E-state index contributed by atoms with van der Waals surface area (Å²) in [6.45, 7) is 1.85. The number of benzene rings is 2. The highest BCUT2D eigenvalue weighted by atomic mass is 79.9. The van der Waals surface area contributed by atoms with E-state index < -0.39 is 11.0 Å². The van der Waals surface area contributed by atoms with Crippen molar-refractivity contribution in [1.29, 1.82) is 0 Å². The molecule has 0 radical (unpaired) electrons. The lowest BCUT2D eigenvalue weighted by Crippen LogP contribution is -1.91. The molecule has 0 aliphatic carbocycles. The van der Waals surface area contributed by atoms with Gasteiger partial charge in [-0.1, -0.05) is 43.3 Å². The van der Waals surface area contributed by atoms with Gasteiger partial charge in [0.2, 0.25) is 0 Å². The molecule has 0 spiro atoms. The third kappa shape index (κ3) is 2.82. The Morgan fingerprint density at radius 2 is 2.06 bits per heavy atom. The van der Waals surface area contributed by atoms with Gasteiger partial charge in [0.1, 0.15) is 11.0 Å². The standard InChI is InChI=1S/C13H12BrNOS/c1-2-17(16)15-9-11-8-7-10-5-3-4-6-12(10)13(11)14/h3-9H,2H2,1H3. The van der Waals surface area contributed by atoms with Crippen LogP contribution in [-0.4, -0.2) is 16.2 Å². The molecule has 2 rings (SSSR count). The highest BCUT2D eigenvalue weighted by molar-refractivity contribution is 9.10. The van der Waals surface area contributed by atoms with Gasteiger partial charge >= 0.3 is 0 Å². The Kier molecular flexibility index (Phi) is 4.07. The van der Waals surface area contributed by atoms with Crippen molar-refractivity contribution in [3.05, 3.63) is 46.4 Å². The summed E-state index contributed by atoms with van der Waals surface area (Å²) in [5, 5.41) is 2.31. The quantitative estimate of drug-likeness (QED) is 0.795. The van der Waals surface area contributed by atoms with E-state index >= 15 is 0 Å². The van der Waals surface area contributed by atoms with Gasteiger partial charge in [-0.2, -0.15) is 4.40 Å². The normalized spacial score (nSPS) is 13.3. The molecule has 2 aromatic rings. The SMILES string of the molecule is CCS(=O)N=Cc1ccc2ccccc2c1Br. The van der Waals surface area contributed by atoms with Gasteiger partial charge in [-0.3, -0.25) is 0 Å². The van der Waals surface area contributed by atoms with Gasteiger partial charge in [-0.25, -0.2) is 4.21 Å². The topological polar surface area (TPSA) is 29.4 Å². The summed E-state index contributed by atoms with van der Waals surface area (Å²) in [5.74, 6) is 0.543. The molecule has 0 fully saturated rings. The maximum atomic E-state index is 11.3. The number of rotatable bonds is 3. The first kappa shape index (κ1) is 12.5. The monoisotopic (exact) mass is 309 g/mol. The summed E-state index contributed by atoms with van der Waals surface area (Å²) in [4.78, 5) is 0. The number of hydrogen-bond donors (Lipinski definition) is 0. The first-order chi connectivity index (χ1) is 8.22. The van der Waals surface area contributed by atoms with E-state index in [0.29, 0.717) is 5.75 Å². The molecule has 1 atom stereocenters. The fourth-order valence-electron chi connectivity index (χ4n) is 1.54. The number of hydrogen-bond acceptors (Lipinski definition) is 1. The molecule has 0 saturated carbocycles. The minimum atomic E-state index is -1.12. The first-order valence-corrected chi connectivity index (χ1v) is 7.39. The maximum Gasteiger partial charge on any atom is 0.139 e. The van der Waals surface area contributed by atoms with Crippen LogP contribution in [0.4, 0.5) is 0 Å². The molecule has 0 bridgehead atoms. The van der Waals surface area contributed by atoms with Crippen molar-refractivity contribution in [1.82, 2.24) is 0 Å². The zero-order valence-electron chi connectivity index (χ0n) is 9.39. The zero-order valence-corrected chi connectivity index (χ0v) is 11.8. The molecule has 2 nitrogen and oxygen atoms in total. The molecular formula is C13H12BrNOS. The van der Waals surface area contributed by atoms with Crippen molar-refractivity contribution in [2.75, 3.05) is 5.75 Å². The predicted octanol–water partition coefficient (Wildman–Crippen LogP) is 3.70. The second kappa shape index (κ2) is 5.56. The van der Waals surface area contributed by atoms with E-state index in [9.17, 15) is 4.21 Å². The Labute approximate surface area is 111 Å².